The standard InChI is InChI=1S/C11H12N2O3/c1-13-8-4-7(10(12)11(15)16)3-2-6(8)5-9(13)14/h2-4,10H,5,12H2,1H3,(H,15,16). The van der Waals surface area contributed by atoms with Crippen LogP contribution in [-0.4, -0.2) is 24.0 Å². The molecule has 0 aromatic heterocycles. The molecule has 0 saturated heterocycles. The number of nitrogens with two attached hydrogens (primary N) is 1. The van der Waals surface area contributed by atoms with Gasteiger partial charge in [-0.15, -0.1) is 0 Å². The van der Waals surface area contributed by atoms with E-state index in [-0.39, 0.29) is 5.91 Å². The van der Waals surface area contributed by atoms with E-state index in [2.05, 4.69) is 0 Å². The first-order valence-corrected chi connectivity index (χ1v) is 4.88. The number of nitrogens with zero attached hydrogens (tertiary/aromatic N) is 1. The highest BCUT2D eigenvalue weighted by Crippen LogP contribution is 2.29. The lowest BCUT2D eigenvalue weighted by Crippen LogP contribution is -2.22. The van der Waals surface area contributed by atoms with E-state index in [4.69, 9.17) is 10.8 Å². The van der Waals surface area contributed by atoms with Crippen LogP contribution in [0.25, 0.3) is 0 Å². The van der Waals surface area contributed by atoms with E-state index in [1.807, 2.05) is 0 Å². The summed E-state index contributed by atoms with van der Waals surface area (Å²) in [4.78, 5) is 23.7. The van der Waals surface area contributed by atoms with Crippen molar-refractivity contribution in [3.05, 3.63) is 29.3 Å². The topological polar surface area (TPSA) is 83.6 Å². The first-order valence-electron chi connectivity index (χ1n) is 4.88. The average Bonchev–Trinajstić information content (AvgIpc) is 2.53. The Kier molecular flexibility index (Phi) is 2.40. The lowest BCUT2D eigenvalue weighted by Gasteiger charge is -2.13. The number of carboxylic acids is 1. The second kappa shape index (κ2) is 3.61. The molecule has 1 heterocycles. The Morgan fingerprint density at radius 2 is 2.25 bits per heavy atom. The maximum Gasteiger partial charge on any atom is 0.325 e. The van der Waals surface area contributed by atoms with Crippen LogP contribution >= 0.6 is 0 Å². The van der Waals surface area contributed by atoms with E-state index < -0.39 is 12.0 Å². The number of hydrogen-bond acceptors (Lipinski definition) is 3. The zero-order valence-electron chi connectivity index (χ0n) is 8.80. The Labute approximate surface area is 92.5 Å². The second-order valence-corrected chi connectivity index (χ2v) is 3.83. The number of amides is 1. The normalized spacial score (nSPS) is 16.1. The van der Waals surface area contributed by atoms with Crippen molar-refractivity contribution in [2.45, 2.75) is 12.5 Å². The van der Waals surface area contributed by atoms with Gasteiger partial charge in [0.25, 0.3) is 0 Å². The smallest absolute Gasteiger partial charge is 0.325 e. The van der Waals surface area contributed by atoms with Crippen molar-refractivity contribution in [2.24, 2.45) is 5.73 Å². The molecule has 84 valence electrons. The summed E-state index contributed by atoms with van der Waals surface area (Å²) in [5, 5.41) is 8.80. The minimum Gasteiger partial charge on any atom is -0.480 e. The number of carboxylic acid groups (broad SMARTS) is 1. The molecule has 16 heavy (non-hydrogen) atoms. The summed E-state index contributed by atoms with van der Waals surface area (Å²) in [5.41, 5.74) is 7.68. The van der Waals surface area contributed by atoms with Gasteiger partial charge in [-0.25, -0.2) is 0 Å². The number of rotatable bonds is 2. The summed E-state index contributed by atoms with van der Waals surface area (Å²) in [5.74, 6) is -1.07. The monoisotopic (exact) mass is 220 g/mol. The molecule has 1 aromatic carbocycles. The van der Waals surface area contributed by atoms with Crippen LogP contribution in [0.15, 0.2) is 18.2 Å². The molecule has 1 amide bonds. The van der Waals surface area contributed by atoms with E-state index in [1.54, 1.807) is 25.2 Å². The van der Waals surface area contributed by atoms with Gasteiger partial charge in [0.1, 0.15) is 6.04 Å². The molecule has 0 aliphatic carbocycles. The molecule has 5 nitrogen and oxygen atoms in total. The number of benzene rings is 1. The lowest BCUT2D eigenvalue weighted by atomic mass is 10.0. The fourth-order valence-corrected chi connectivity index (χ4v) is 1.79. The van der Waals surface area contributed by atoms with Gasteiger partial charge in [-0.2, -0.15) is 0 Å². The van der Waals surface area contributed by atoms with E-state index in [0.717, 1.165) is 11.3 Å². The van der Waals surface area contributed by atoms with E-state index in [0.29, 0.717) is 12.0 Å². The van der Waals surface area contributed by atoms with Crippen molar-refractivity contribution in [3.8, 4) is 0 Å². The molecular weight excluding hydrogens is 208 g/mol. The first kappa shape index (κ1) is 10.6. The van der Waals surface area contributed by atoms with Crippen LogP contribution in [0.3, 0.4) is 0 Å². The minimum atomic E-state index is -1.08. The van der Waals surface area contributed by atoms with Crippen molar-refractivity contribution < 1.29 is 14.7 Å². The second-order valence-electron chi connectivity index (χ2n) is 3.83. The predicted octanol–water partition coefficient (Wildman–Crippen LogP) is 0.290. The van der Waals surface area contributed by atoms with E-state index >= 15 is 0 Å². The molecule has 1 aliphatic heterocycles. The van der Waals surface area contributed by atoms with Gasteiger partial charge < -0.3 is 15.7 Å². The van der Waals surface area contributed by atoms with Crippen LogP contribution in [0.2, 0.25) is 0 Å². The number of likely N-dealkylation sites (N-methyl/N-ethyl adjacent to an activating group) is 1. The predicted molar refractivity (Wildman–Crippen MR) is 58.1 cm³/mol. The summed E-state index contributed by atoms with van der Waals surface area (Å²) in [6, 6.07) is 4.03. The molecule has 0 spiro atoms. The molecule has 1 atom stereocenters. The van der Waals surface area contributed by atoms with Crippen LogP contribution in [0.1, 0.15) is 17.2 Å². The molecule has 0 saturated carbocycles. The molecule has 0 fully saturated rings. The number of aliphatic carboxylic acids is 1. The zero-order valence-corrected chi connectivity index (χ0v) is 8.80. The summed E-state index contributed by atoms with van der Waals surface area (Å²) < 4.78 is 0. The molecule has 3 N–H and O–H groups in total. The summed E-state index contributed by atoms with van der Waals surface area (Å²) >= 11 is 0. The fourth-order valence-electron chi connectivity index (χ4n) is 1.79. The Morgan fingerprint density at radius 3 is 2.88 bits per heavy atom. The van der Waals surface area contributed by atoms with Gasteiger partial charge >= 0.3 is 5.97 Å². The highest BCUT2D eigenvalue weighted by Gasteiger charge is 2.25. The SMILES string of the molecule is CN1C(=O)Cc2ccc(C(N)C(=O)O)cc21. The molecule has 1 aromatic rings. The molecule has 0 radical (unpaired) electrons. The Hall–Kier alpha value is -1.88. The van der Waals surface area contributed by atoms with Gasteiger partial charge in [0.05, 0.1) is 6.42 Å². The van der Waals surface area contributed by atoms with Gasteiger partial charge in [-0.3, -0.25) is 9.59 Å². The highest BCUT2D eigenvalue weighted by atomic mass is 16.4. The third kappa shape index (κ3) is 1.55. The van der Waals surface area contributed by atoms with Gasteiger partial charge in [-0.05, 0) is 17.2 Å². The molecular formula is C11H12N2O3. The van der Waals surface area contributed by atoms with Crippen molar-refractivity contribution in [1.29, 1.82) is 0 Å². The highest BCUT2D eigenvalue weighted by molar-refractivity contribution is 6.01. The van der Waals surface area contributed by atoms with Crippen LogP contribution in [0.4, 0.5) is 5.69 Å². The number of fused-ring (bicyclic) bond motifs is 1. The fraction of sp³-hybridized carbons (Fsp3) is 0.273. The zero-order chi connectivity index (χ0) is 11.9. The van der Waals surface area contributed by atoms with E-state index in [1.165, 1.54) is 4.90 Å². The number of carbonyl (C=O) groups excluding carboxylic acids is 1. The summed E-state index contributed by atoms with van der Waals surface area (Å²) in [6.45, 7) is 0. The van der Waals surface area contributed by atoms with Crippen molar-refractivity contribution in [1.82, 2.24) is 0 Å². The van der Waals surface area contributed by atoms with Gasteiger partial charge in [-0.1, -0.05) is 12.1 Å². The maximum absolute atomic E-state index is 11.4. The number of carbonyl (C=O) groups is 2. The molecule has 2 rings (SSSR count). The Balaban J connectivity index is 2.41. The average molecular weight is 220 g/mol. The molecule has 1 aliphatic rings. The molecule has 0 bridgehead atoms. The van der Waals surface area contributed by atoms with Gasteiger partial charge in [0.2, 0.25) is 5.91 Å². The first-order chi connectivity index (χ1) is 7.50. The van der Waals surface area contributed by atoms with Gasteiger partial charge in [0.15, 0.2) is 0 Å². The summed E-state index contributed by atoms with van der Waals surface area (Å²) in [7, 11) is 1.67. The van der Waals surface area contributed by atoms with Crippen molar-refractivity contribution >= 4 is 17.6 Å². The third-order valence-electron chi connectivity index (χ3n) is 2.81. The largest absolute Gasteiger partial charge is 0.480 e. The third-order valence-corrected chi connectivity index (χ3v) is 2.81. The van der Waals surface area contributed by atoms with Crippen molar-refractivity contribution in [2.75, 3.05) is 11.9 Å². The molecule has 1 unspecified atom stereocenters. The van der Waals surface area contributed by atoms with Crippen LogP contribution in [0, 0.1) is 0 Å². The minimum absolute atomic E-state index is 0.0102. The van der Waals surface area contributed by atoms with Crippen molar-refractivity contribution in [3.63, 3.8) is 0 Å². The quantitative estimate of drug-likeness (QED) is 0.750. The lowest BCUT2D eigenvalue weighted by molar-refractivity contribution is -0.138. The summed E-state index contributed by atoms with van der Waals surface area (Å²) in [6.07, 6.45) is 0.369. The number of hydrogen-bond donors (Lipinski definition) is 2. The van der Waals surface area contributed by atoms with Gasteiger partial charge in [0, 0.05) is 12.7 Å². The number of anilines is 1. The Bertz CT molecular complexity index is 470. The molecule has 5 heteroatoms. The van der Waals surface area contributed by atoms with Crippen LogP contribution < -0.4 is 10.6 Å². The van der Waals surface area contributed by atoms with Crippen LogP contribution in [-0.2, 0) is 16.0 Å². The van der Waals surface area contributed by atoms with E-state index in [9.17, 15) is 9.59 Å². The van der Waals surface area contributed by atoms with Crippen LogP contribution in [0.5, 0.6) is 0 Å². The Morgan fingerprint density at radius 1 is 1.56 bits per heavy atom. The maximum atomic E-state index is 11.4.